The van der Waals surface area contributed by atoms with E-state index >= 15 is 0 Å². The summed E-state index contributed by atoms with van der Waals surface area (Å²) in [5, 5.41) is 10.3. The molecule has 2 rings (SSSR count). The van der Waals surface area contributed by atoms with Gasteiger partial charge in [-0.1, -0.05) is 11.6 Å². The third-order valence-electron chi connectivity index (χ3n) is 2.59. The van der Waals surface area contributed by atoms with Gasteiger partial charge in [0, 0.05) is 5.02 Å². The highest BCUT2D eigenvalue weighted by atomic mass is 79.9. The minimum absolute atomic E-state index is 0.0810. The van der Waals surface area contributed by atoms with Crippen molar-refractivity contribution < 1.29 is 9.84 Å². The van der Waals surface area contributed by atoms with Gasteiger partial charge in [0.2, 0.25) is 0 Å². The van der Waals surface area contributed by atoms with Crippen LogP contribution in [0.1, 0.15) is 19.3 Å². The monoisotopic (exact) mass is 290 g/mol. The van der Waals surface area contributed by atoms with Crippen molar-refractivity contribution in [2.24, 2.45) is 0 Å². The van der Waals surface area contributed by atoms with E-state index in [4.69, 9.17) is 16.3 Å². The number of halogens is 2. The molecule has 2 nitrogen and oxygen atoms in total. The fourth-order valence-electron chi connectivity index (χ4n) is 1.78. The molecule has 0 radical (unpaired) electrons. The number of aliphatic hydroxyl groups is 1. The summed E-state index contributed by atoms with van der Waals surface area (Å²) < 4.78 is 6.55. The summed E-state index contributed by atoms with van der Waals surface area (Å²) >= 11 is 9.21. The second-order valence-electron chi connectivity index (χ2n) is 3.73. The number of aliphatic hydroxyl groups excluding tert-OH is 1. The number of benzene rings is 1. The molecule has 1 N–H and O–H groups in total. The largest absolute Gasteiger partial charge is 0.487 e. The first-order valence-corrected chi connectivity index (χ1v) is 6.13. The van der Waals surface area contributed by atoms with Gasteiger partial charge in [-0.15, -0.1) is 0 Å². The quantitative estimate of drug-likeness (QED) is 0.905. The van der Waals surface area contributed by atoms with Crippen LogP contribution in [0.3, 0.4) is 0 Å². The Morgan fingerprint density at radius 1 is 1.40 bits per heavy atom. The van der Waals surface area contributed by atoms with E-state index in [9.17, 15) is 5.11 Å². The van der Waals surface area contributed by atoms with E-state index in [1.54, 1.807) is 12.1 Å². The fraction of sp³-hybridized carbons (Fsp3) is 0.455. The van der Waals surface area contributed by atoms with E-state index in [1.165, 1.54) is 0 Å². The van der Waals surface area contributed by atoms with E-state index < -0.39 is 0 Å². The van der Waals surface area contributed by atoms with Gasteiger partial charge < -0.3 is 9.84 Å². The number of rotatable bonds is 2. The predicted molar refractivity (Wildman–Crippen MR) is 63.4 cm³/mol. The molecule has 1 fully saturated rings. The minimum Gasteiger partial charge on any atom is -0.487 e. The van der Waals surface area contributed by atoms with Crippen molar-refractivity contribution in [1.29, 1.82) is 0 Å². The van der Waals surface area contributed by atoms with Crippen LogP contribution in [0.25, 0.3) is 0 Å². The molecular weight excluding hydrogens is 279 g/mol. The highest BCUT2D eigenvalue weighted by Crippen LogP contribution is 2.31. The van der Waals surface area contributed by atoms with Crippen LogP contribution in [0.5, 0.6) is 5.75 Å². The highest BCUT2D eigenvalue weighted by molar-refractivity contribution is 9.10. The lowest BCUT2D eigenvalue weighted by molar-refractivity contribution is 0.0599. The number of hydrogen-bond acceptors (Lipinski definition) is 2. The third-order valence-corrected chi connectivity index (χ3v) is 3.44. The lowest BCUT2D eigenvalue weighted by atomic mass is 10.2. The number of hydrogen-bond donors (Lipinski definition) is 1. The molecule has 2 unspecified atom stereocenters. The minimum atomic E-state index is -0.340. The number of ether oxygens (including phenoxy) is 1. The molecule has 0 amide bonds. The smallest absolute Gasteiger partial charge is 0.134 e. The molecule has 1 aromatic carbocycles. The molecule has 82 valence electrons. The molecule has 1 aliphatic carbocycles. The van der Waals surface area contributed by atoms with Crippen LogP contribution in [-0.2, 0) is 0 Å². The van der Waals surface area contributed by atoms with Crippen LogP contribution in [0, 0.1) is 0 Å². The molecule has 0 spiro atoms. The maximum absolute atomic E-state index is 9.63. The molecule has 0 aromatic heterocycles. The molecule has 0 bridgehead atoms. The van der Waals surface area contributed by atoms with Gasteiger partial charge in [0.25, 0.3) is 0 Å². The van der Waals surface area contributed by atoms with Gasteiger partial charge in [0.15, 0.2) is 0 Å². The summed E-state index contributed by atoms with van der Waals surface area (Å²) in [5.41, 5.74) is 0. The topological polar surface area (TPSA) is 29.5 Å². The van der Waals surface area contributed by atoms with Crippen molar-refractivity contribution >= 4 is 27.5 Å². The molecular formula is C11H12BrClO2. The van der Waals surface area contributed by atoms with Gasteiger partial charge in [-0.25, -0.2) is 0 Å². The molecule has 1 aromatic rings. The van der Waals surface area contributed by atoms with E-state index in [-0.39, 0.29) is 12.2 Å². The lowest BCUT2D eigenvalue weighted by Crippen LogP contribution is -2.25. The van der Waals surface area contributed by atoms with E-state index in [0.29, 0.717) is 5.02 Å². The van der Waals surface area contributed by atoms with E-state index in [2.05, 4.69) is 15.9 Å². The first-order valence-electron chi connectivity index (χ1n) is 4.96. The molecule has 1 aliphatic rings. The zero-order valence-electron chi connectivity index (χ0n) is 8.12. The standard InChI is InChI=1S/C11H12BrClO2/c12-8-6-7(13)4-5-10(8)15-11-3-1-2-9(11)14/h4-6,9,11,14H,1-3H2. The lowest BCUT2D eigenvalue weighted by Gasteiger charge is -2.18. The van der Waals surface area contributed by atoms with Gasteiger partial charge in [-0.05, 0) is 53.4 Å². The van der Waals surface area contributed by atoms with Crippen LogP contribution in [-0.4, -0.2) is 17.3 Å². The summed E-state index contributed by atoms with van der Waals surface area (Å²) in [4.78, 5) is 0. The van der Waals surface area contributed by atoms with Gasteiger partial charge in [-0.2, -0.15) is 0 Å². The van der Waals surface area contributed by atoms with Crippen LogP contribution < -0.4 is 4.74 Å². The van der Waals surface area contributed by atoms with Crippen molar-refractivity contribution in [3.05, 3.63) is 27.7 Å². The van der Waals surface area contributed by atoms with Crippen molar-refractivity contribution in [2.75, 3.05) is 0 Å². The average molecular weight is 292 g/mol. The summed E-state index contributed by atoms with van der Waals surface area (Å²) in [6.07, 6.45) is 2.35. The predicted octanol–water partition coefficient (Wildman–Crippen LogP) is 3.39. The van der Waals surface area contributed by atoms with Gasteiger partial charge in [-0.3, -0.25) is 0 Å². The molecule has 0 aliphatic heterocycles. The zero-order valence-corrected chi connectivity index (χ0v) is 10.5. The van der Waals surface area contributed by atoms with Crippen LogP contribution in [0.2, 0.25) is 5.02 Å². The Labute approximate surface area is 102 Å². The Morgan fingerprint density at radius 2 is 2.20 bits per heavy atom. The van der Waals surface area contributed by atoms with Crippen LogP contribution >= 0.6 is 27.5 Å². The SMILES string of the molecule is OC1CCCC1Oc1ccc(Cl)cc1Br. The van der Waals surface area contributed by atoms with Crippen molar-refractivity contribution in [2.45, 2.75) is 31.5 Å². The summed E-state index contributed by atoms with van der Waals surface area (Å²) in [7, 11) is 0. The van der Waals surface area contributed by atoms with Gasteiger partial charge >= 0.3 is 0 Å². The second-order valence-corrected chi connectivity index (χ2v) is 5.02. The van der Waals surface area contributed by atoms with Crippen LogP contribution in [0.15, 0.2) is 22.7 Å². The summed E-state index contributed by atoms with van der Waals surface area (Å²) in [5.74, 6) is 0.741. The molecule has 4 heteroatoms. The Bertz CT molecular complexity index is 356. The van der Waals surface area contributed by atoms with Crippen molar-refractivity contribution in [3.63, 3.8) is 0 Å². The maximum Gasteiger partial charge on any atom is 0.134 e. The fourth-order valence-corrected chi connectivity index (χ4v) is 2.55. The zero-order chi connectivity index (χ0) is 10.8. The van der Waals surface area contributed by atoms with Gasteiger partial charge in [0.1, 0.15) is 11.9 Å². The average Bonchev–Trinajstić information content (AvgIpc) is 2.57. The summed E-state index contributed by atoms with van der Waals surface area (Å²) in [6.45, 7) is 0. The van der Waals surface area contributed by atoms with Crippen LogP contribution in [0.4, 0.5) is 0 Å². The molecule has 1 saturated carbocycles. The normalized spacial score (nSPS) is 25.5. The Morgan fingerprint density at radius 3 is 2.80 bits per heavy atom. The first kappa shape index (κ1) is 11.2. The second kappa shape index (κ2) is 4.73. The van der Waals surface area contributed by atoms with E-state index in [1.807, 2.05) is 6.07 Å². The highest BCUT2D eigenvalue weighted by Gasteiger charge is 2.27. The van der Waals surface area contributed by atoms with Crippen molar-refractivity contribution in [3.8, 4) is 5.75 Å². The molecule has 15 heavy (non-hydrogen) atoms. The van der Waals surface area contributed by atoms with E-state index in [0.717, 1.165) is 29.5 Å². The first-order chi connectivity index (χ1) is 7.16. The maximum atomic E-state index is 9.63. The summed E-state index contributed by atoms with van der Waals surface area (Å²) in [6, 6.07) is 5.39. The molecule has 0 saturated heterocycles. The van der Waals surface area contributed by atoms with Crippen molar-refractivity contribution in [1.82, 2.24) is 0 Å². The Balaban J connectivity index is 2.10. The third kappa shape index (κ3) is 2.65. The molecule has 2 atom stereocenters. The molecule has 0 heterocycles. The Hall–Kier alpha value is -0.250. The van der Waals surface area contributed by atoms with Gasteiger partial charge in [0.05, 0.1) is 10.6 Å². The Kier molecular flexibility index (Phi) is 3.54.